The van der Waals surface area contributed by atoms with Gasteiger partial charge in [0.15, 0.2) is 0 Å². The van der Waals surface area contributed by atoms with Crippen molar-refractivity contribution in [3.8, 4) is 0 Å². The Bertz CT molecular complexity index is 405. The summed E-state index contributed by atoms with van der Waals surface area (Å²) in [6, 6.07) is 2.05. The molecule has 3 nitrogen and oxygen atoms in total. The molecule has 2 heterocycles. The third-order valence-corrected chi connectivity index (χ3v) is 4.41. The van der Waals surface area contributed by atoms with Crippen LogP contribution in [0.25, 0.3) is 0 Å². The number of carboxylic acids is 1. The first-order chi connectivity index (χ1) is 7.61. The molecular weight excluding hydrogens is 222 g/mol. The van der Waals surface area contributed by atoms with Crippen LogP contribution in [0.3, 0.4) is 0 Å². The Morgan fingerprint density at radius 2 is 2.12 bits per heavy atom. The number of carboxylic acid groups (broad SMARTS) is 1. The number of carbonyl (C=O) groups is 1. The molecule has 1 N–H and O–H groups in total. The molecule has 0 aliphatic carbocycles. The van der Waals surface area contributed by atoms with E-state index in [1.807, 2.05) is 31.8 Å². The van der Waals surface area contributed by atoms with Gasteiger partial charge in [0.1, 0.15) is 5.69 Å². The molecule has 0 spiro atoms. The van der Waals surface area contributed by atoms with Crippen molar-refractivity contribution in [1.29, 1.82) is 0 Å². The van der Waals surface area contributed by atoms with Crippen molar-refractivity contribution in [3.63, 3.8) is 0 Å². The number of rotatable bonds is 2. The van der Waals surface area contributed by atoms with Crippen LogP contribution in [0.4, 0.5) is 0 Å². The SMILES string of the molecule is Cc1cc(C2CCSCC2)c(C(=O)O)n1C. The van der Waals surface area contributed by atoms with Gasteiger partial charge in [-0.25, -0.2) is 4.79 Å². The van der Waals surface area contributed by atoms with Gasteiger partial charge in [-0.15, -0.1) is 0 Å². The van der Waals surface area contributed by atoms with E-state index in [0.29, 0.717) is 11.6 Å². The van der Waals surface area contributed by atoms with E-state index in [9.17, 15) is 9.90 Å². The Hall–Kier alpha value is -0.900. The van der Waals surface area contributed by atoms with E-state index >= 15 is 0 Å². The van der Waals surface area contributed by atoms with Crippen LogP contribution in [0.5, 0.6) is 0 Å². The Kier molecular flexibility index (Phi) is 3.28. The second-order valence-electron chi connectivity index (χ2n) is 4.34. The van der Waals surface area contributed by atoms with E-state index in [4.69, 9.17) is 0 Å². The molecule has 0 atom stereocenters. The molecule has 0 radical (unpaired) electrons. The number of nitrogens with zero attached hydrogens (tertiary/aromatic N) is 1. The van der Waals surface area contributed by atoms with Crippen LogP contribution < -0.4 is 0 Å². The van der Waals surface area contributed by atoms with Crippen LogP contribution in [0.2, 0.25) is 0 Å². The Morgan fingerprint density at radius 3 is 2.69 bits per heavy atom. The quantitative estimate of drug-likeness (QED) is 0.862. The van der Waals surface area contributed by atoms with E-state index in [0.717, 1.165) is 35.6 Å². The van der Waals surface area contributed by atoms with Gasteiger partial charge in [0.25, 0.3) is 0 Å². The highest BCUT2D eigenvalue weighted by atomic mass is 32.2. The first kappa shape index (κ1) is 11.6. The first-order valence-corrected chi connectivity index (χ1v) is 6.74. The Morgan fingerprint density at radius 1 is 1.50 bits per heavy atom. The lowest BCUT2D eigenvalue weighted by molar-refractivity contribution is 0.0684. The maximum absolute atomic E-state index is 11.3. The average molecular weight is 239 g/mol. The average Bonchev–Trinajstić information content (AvgIpc) is 2.57. The Labute approximate surface area is 99.8 Å². The molecule has 0 saturated carbocycles. The molecule has 1 aliphatic rings. The van der Waals surface area contributed by atoms with E-state index in [1.54, 1.807) is 4.57 Å². The second-order valence-corrected chi connectivity index (χ2v) is 5.57. The minimum atomic E-state index is -0.802. The normalized spacial score (nSPS) is 17.6. The predicted octanol–water partition coefficient (Wildman–Crippen LogP) is 2.64. The van der Waals surface area contributed by atoms with E-state index in [1.165, 1.54) is 0 Å². The molecule has 1 aromatic rings. The molecular formula is C12H17NO2S. The molecule has 4 heteroatoms. The van der Waals surface area contributed by atoms with Crippen LogP contribution in [-0.4, -0.2) is 27.1 Å². The Balaban J connectivity index is 2.38. The zero-order valence-corrected chi connectivity index (χ0v) is 10.5. The summed E-state index contributed by atoms with van der Waals surface area (Å²) in [4.78, 5) is 11.3. The molecule has 0 bridgehead atoms. The van der Waals surface area contributed by atoms with Gasteiger partial charge >= 0.3 is 5.97 Å². The van der Waals surface area contributed by atoms with Gasteiger partial charge in [0.2, 0.25) is 0 Å². The van der Waals surface area contributed by atoms with Gasteiger partial charge in [-0.3, -0.25) is 0 Å². The summed E-state index contributed by atoms with van der Waals surface area (Å²) in [6.07, 6.45) is 2.21. The molecule has 0 aromatic carbocycles. The smallest absolute Gasteiger partial charge is 0.352 e. The standard InChI is InChI=1S/C12H17NO2S/c1-8-7-10(9-3-5-16-6-4-9)11(12(14)15)13(8)2/h7,9H,3-6H2,1-2H3,(H,14,15). The molecule has 1 fully saturated rings. The fourth-order valence-corrected chi connectivity index (χ4v) is 3.45. The molecule has 88 valence electrons. The van der Waals surface area contributed by atoms with Gasteiger partial charge in [-0.2, -0.15) is 11.8 Å². The highest BCUT2D eigenvalue weighted by Crippen LogP contribution is 2.34. The number of aryl methyl sites for hydroxylation is 1. The molecule has 2 rings (SSSR count). The van der Waals surface area contributed by atoms with Gasteiger partial charge in [0, 0.05) is 12.7 Å². The second kappa shape index (κ2) is 4.53. The van der Waals surface area contributed by atoms with Crippen LogP contribution in [0.15, 0.2) is 6.07 Å². The van der Waals surface area contributed by atoms with Crippen LogP contribution in [-0.2, 0) is 7.05 Å². The topological polar surface area (TPSA) is 42.2 Å². The van der Waals surface area contributed by atoms with Crippen molar-refractivity contribution in [3.05, 3.63) is 23.0 Å². The lowest BCUT2D eigenvalue weighted by Gasteiger charge is -2.21. The zero-order chi connectivity index (χ0) is 11.7. The van der Waals surface area contributed by atoms with Crippen LogP contribution in [0.1, 0.15) is 40.5 Å². The van der Waals surface area contributed by atoms with Crippen molar-refractivity contribution in [2.45, 2.75) is 25.7 Å². The number of hydrogen-bond acceptors (Lipinski definition) is 2. The number of thioether (sulfide) groups is 1. The summed E-state index contributed by atoms with van der Waals surface area (Å²) in [6.45, 7) is 1.97. The van der Waals surface area contributed by atoms with Crippen molar-refractivity contribution < 1.29 is 9.90 Å². The summed E-state index contributed by atoms with van der Waals surface area (Å²) in [5.41, 5.74) is 2.55. The summed E-state index contributed by atoms with van der Waals surface area (Å²) < 4.78 is 1.79. The third-order valence-electron chi connectivity index (χ3n) is 3.37. The number of hydrogen-bond donors (Lipinski definition) is 1. The van der Waals surface area contributed by atoms with Gasteiger partial charge < -0.3 is 9.67 Å². The van der Waals surface area contributed by atoms with Crippen LogP contribution >= 0.6 is 11.8 Å². The van der Waals surface area contributed by atoms with Gasteiger partial charge in [-0.05, 0) is 48.8 Å². The zero-order valence-electron chi connectivity index (χ0n) is 9.69. The largest absolute Gasteiger partial charge is 0.477 e. The fraction of sp³-hybridized carbons (Fsp3) is 0.583. The monoisotopic (exact) mass is 239 g/mol. The van der Waals surface area contributed by atoms with Crippen molar-refractivity contribution in [2.24, 2.45) is 7.05 Å². The summed E-state index contributed by atoms with van der Waals surface area (Å²) in [7, 11) is 1.83. The number of aromatic nitrogens is 1. The minimum absolute atomic E-state index is 0.437. The van der Waals surface area contributed by atoms with Crippen LogP contribution in [0, 0.1) is 6.92 Å². The van der Waals surface area contributed by atoms with Crippen molar-refractivity contribution >= 4 is 17.7 Å². The highest BCUT2D eigenvalue weighted by molar-refractivity contribution is 7.99. The summed E-state index contributed by atoms with van der Waals surface area (Å²) in [5.74, 6) is 1.94. The summed E-state index contributed by atoms with van der Waals surface area (Å²) >= 11 is 1.96. The molecule has 1 saturated heterocycles. The predicted molar refractivity (Wildman–Crippen MR) is 66.4 cm³/mol. The van der Waals surface area contributed by atoms with Crippen molar-refractivity contribution in [1.82, 2.24) is 4.57 Å². The third kappa shape index (κ3) is 1.98. The maximum Gasteiger partial charge on any atom is 0.352 e. The molecule has 1 aromatic heterocycles. The van der Waals surface area contributed by atoms with Gasteiger partial charge in [0.05, 0.1) is 0 Å². The fourth-order valence-electron chi connectivity index (χ4n) is 2.35. The molecule has 16 heavy (non-hydrogen) atoms. The lowest BCUT2D eigenvalue weighted by Crippen LogP contribution is -2.13. The van der Waals surface area contributed by atoms with E-state index < -0.39 is 5.97 Å². The first-order valence-electron chi connectivity index (χ1n) is 5.58. The van der Waals surface area contributed by atoms with Gasteiger partial charge in [-0.1, -0.05) is 0 Å². The number of aromatic carboxylic acids is 1. The molecule has 0 amide bonds. The lowest BCUT2D eigenvalue weighted by atomic mass is 9.93. The molecule has 1 aliphatic heterocycles. The minimum Gasteiger partial charge on any atom is -0.477 e. The maximum atomic E-state index is 11.3. The molecule has 0 unspecified atom stereocenters. The summed E-state index contributed by atoms with van der Waals surface area (Å²) in [5, 5.41) is 9.26. The highest BCUT2D eigenvalue weighted by Gasteiger charge is 2.25. The van der Waals surface area contributed by atoms with Crippen molar-refractivity contribution in [2.75, 3.05) is 11.5 Å². The van der Waals surface area contributed by atoms with E-state index in [2.05, 4.69) is 0 Å². The van der Waals surface area contributed by atoms with E-state index in [-0.39, 0.29) is 0 Å².